The third-order valence-corrected chi connectivity index (χ3v) is 5.14. The zero-order chi connectivity index (χ0) is 17.2. The number of hydrogen-bond acceptors (Lipinski definition) is 7. The third kappa shape index (κ3) is 3.30. The normalized spacial score (nSPS) is 17.6. The molecule has 0 aliphatic carbocycles. The van der Waals surface area contributed by atoms with Crippen LogP contribution in [0.3, 0.4) is 0 Å². The lowest BCUT2D eigenvalue weighted by Gasteiger charge is -2.31. The predicted octanol–water partition coefficient (Wildman–Crippen LogP) is 2.92. The Balaban J connectivity index is 1.50. The van der Waals surface area contributed by atoms with Gasteiger partial charge in [-0.05, 0) is 25.8 Å². The second-order valence-electron chi connectivity index (χ2n) is 6.08. The summed E-state index contributed by atoms with van der Waals surface area (Å²) in [5, 5.41) is 6.02. The summed E-state index contributed by atoms with van der Waals surface area (Å²) in [7, 11) is 0. The third-order valence-electron chi connectivity index (χ3n) is 4.28. The van der Waals surface area contributed by atoms with E-state index in [0.717, 1.165) is 29.8 Å². The van der Waals surface area contributed by atoms with E-state index in [2.05, 4.69) is 20.1 Å². The highest BCUT2D eigenvalue weighted by Crippen LogP contribution is 2.28. The van der Waals surface area contributed by atoms with Gasteiger partial charge in [-0.3, -0.25) is 9.78 Å². The maximum atomic E-state index is 12.7. The molecular weight excluding hydrogens is 338 g/mol. The summed E-state index contributed by atoms with van der Waals surface area (Å²) in [4.78, 5) is 28.3. The summed E-state index contributed by atoms with van der Waals surface area (Å²) >= 11 is 1.59. The van der Waals surface area contributed by atoms with Gasteiger partial charge in [-0.1, -0.05) is 5.16 Å². The van der Waals surface area contributed by atoms with Gasteiger partial charge < -0.3 is 9.42 Å². The number of carbonyl (C=O) groups is 1. The highest BCUT2D eigenvalue weighted by atomic mass is 32.1. The molecule has 4 rings (SSSR count). The maximum absolute atomic E-state index is 12.7. The fraction of sp³-hybridized carbons (Fsp3) is 0.353. The van der Waals surface area contributed by atoms with Gasteiger partial charge in [0.15, 0.2) is 5.82 Å². The molecule has 1 aliphatic heterocycles. The van der Waals surface area contributed by atoms with E-state index in [-0.39, 0.29) is 11.8 Å². The minimum absolute atomic E-state index is 0.0756. The van der Waals surface area contributed by atoms with Gasteiger partial charge in [-0.25, -0.2) is 4.98 Å². The highest BCUT2D eigenvalue weighted by molar-refractivity contribution is 7.10. The number of aryl methyl sites for hydroxylation is 1. The van der Waals surface area contributed by atoms with E-state index in [1.165, 1.54) is 0 Å². The van der Waals surface area contributed by atoms with Gasteiger partial charge in [0.25, 0.3) is 11.8 Å². The molecule has 3 aromatic heterocycles. The van der Waals surface area contributed by atoms with Gasteiger partial charge in [-0.2, -0.15) is 4.98 Å². The average molecular weight is 355 g/mol. The summed E-state index contributed by atoms with van der Waals surface area (Å²) in [6, 6.07) is 1.94. The Labute approximate surface area is 148 Å². The summed E-state index contributed by atoms with van der Waals surface area (Å²) in [5.41, 5.74) is 1.32. The first-order valence-electron chi connectivity index (χ1n) is 8.15. The molecule has 25 heavy (non-hydrogen) atoms. The number of carbonyl (C=O) groups excluding carboxylic acids is 1. The first-order chi connectivity index (χ1) is 12.2. The molecule has 1 aliphatic rings. The fourth-order valence-corrected chi connectivity index (χ4v) is 3.70. The Morgan fingerprint density at radius 2 is 2.32 bits per heavy atom. The molecule has 4 heterocycles. The Morgan fingerprint density at radius 1 is 1.40 bits per heavy atom. The molecule has 0 aromatic carbocycles. The highest BCUT2D eigenvalue weighted by Gasteiger charge is 2.29. The molecular formula is C17H17N5O2S. The molecule has 1 unspecified atom stereocenters. The Bertz CT molecular complexity index is 876. The van der Waals surface area contributed by atoms with Crippen LogP contribution in [0.15, 0.2) is 34.6 Å². The van der Waals surface area contributed by atoms with Crippen molar-refractivity contribution >= 4 is 17.2 Å². The monoisotopic (exact) mass is 355 g/mol. The quantitative estimate of drug-likeness (QED) is 0.718. The summed E-state index contributed by atoms with van der Waals surface area (Å²) in [5.74, 6) is 1.14. The second-order valence-corrected chi connectivity index (χ2v) is 7.20. The summed E-state index contributed by atoms with van der Waals surface area (Å²) in [6.45, 7) is 3.38. The lowest BCUT2D eigenvalue weighted by molar-refractivity contribution is 0.0704. The van der Waals surface area contributed by atoms with Crippen molar-refractivity contribution in [2.45, 2.75) is 25.7 Å². The summed E-state index contributed by atoms with van der Waals surface area (Å²) < 4.78 is 5.32. The molecule has 0 N–H and O–H groups in total. The first-order valence-corrected chi connectivity index (χ1v) is 9.03. The molecule has 0 saturated carbocycles. The smallest absolute Gasteiger partial charge is 0.278 e. The van der Waals surface area contributed by atoms with Gasteiger partial charge in [0, 0.05) is 41.7 Å². The minimum atomic E-state index is 0.0756. The SMILES string of the molecule is Cc1cc(C(=O)N2CCCC(c3noc(-c4cnccn4)n3)C2)cs1. The molecule has 1 fully saturated rings. The molecule has 3 aromatic rings. The van der Waals surface area contributed by atoms with E-state index in [0.29, 0.717) is 24.0 Å². The lowest BCUT2D eigenvalue weighted by atomic mass is 9.97. The second kappa shape index (κ2) is 6.72. The number of piperidine rings is 1. The van der Waals surface area contributed by atoms with Crippen LogP contribution in [0.1, 0.15) is 39.8 Å². The fourth-order valence-electron chi connectivity index (χ4n) is 3.02. The van der Waals surface area contributed by atoms with Crippen LogP contribution in [0.5, 0.6) is 0 Å². The van der Waals surface area contributed by atoms with Gasteiger partial charge >= 0.3 is 0 Å². The van der Waals surface area contributed by atoms with Crippen LogP contribution in [0.4, 0.5) is 0 Å². The van der Waals surface area contributed by atoms with E-state index in [1.807, 2.05) is 23.3 Å². The Morgan fingerprint density at radius 3 is 3.08 bits per heavy atom. The van der Waals surface area contributed by atoms with E-state index >= 15 is 0 Å². The van der Waals surface area contributed by atoms with Gasteiger partial charge in [-0.15, -0.1) is 11.3 Å². The van der Waals surface area contributed by atoms with Crippen LogP contribution >= 0.6 is 11.3 Å². The Hall–Kier alpha value is -2.61. The number of likely N-dealkylation sites (tertiary alicyclic amines) is 1. The van der Waals surface area contributed by atoms with Gasteiger partial charge in [0.05, 0.1) is 11.8 Å². The largest absolute Gasteiger partial charge is 0.338 e. The number of thiophene rings is 1. The van der Waals surface area contributed by atoms with Crippen molar-refractivity contribution in [3.8, 4) is 11.6 Å². The van der Waals surface area contributed by atoms with Crippen molar-refractivity contribution in [3.05, 3.63) is 46.3 Å². The molecule has 128 valence electrons. The van der Waals surface area contributed by atoms with Crippen molar-refractivity contribution in [2.24, 2.45) is 0 Å². The average Bonchev–Trinajstić information content (AvgIpc) is 3.31. The molecule has 0 spiro atoms. The predicted molar refractivity (Wildman–Crippen MR) is 92.3 cm³/mol. The number of rotatable bonds is 3. The first kappa shape index (κ1) is 15.9. The van der Waals surface area contributed by atoms with Crippen LogP contribution < -0.4 is 0 Å². The molecule has 1 saturated heterocycles. The molecule has 1 atom stereocenters. The molecule has 0 bridgehead atoms. The topological polar surface area (TPSA) is 85.0 Å². The lowest BCUT2D eigenvalue weighted by Crippen LogP contribution is -2.39. The maximum Gasteiger partial charge on any atom is 0.278 e. The van der Waals surface area contributed by atoms with Crippen LogP contribution in [0.2, 0.25) is 0 Å². The van der Waals surface area contributed by atoms with Crippen molar-refractivity contribution in [1.29, 1.82) is 0 Å². The van der Waals surface area contributed by atoms with E-state index in [1.54, 1.807) is 29.9 Å². The molecule has 1 amide bonds. The zero-order valence-electron chi connectivity index (χ0n) is 13.8. The number of amides is 1. The van der Waals surface area contributed by atoms with Crippen LogP contribution in [-0.2, 0) is 0 Å². The van der Waals surface area contributed by atoms with Crippen LogP contribution in [-0.4, -0.2) is 44.0 Å². The number of hydrogen-bond donors (Lipinski definition) is 0. The van der Waals surface area contributed by atoms with E-state index in [4.69, 9.17) is 4.52 Å². The Kier molecular flexibility index (Phi) is 4.27. The van der Waals surface area contributed by atoms with Crippen molar-refractivity contribution in [1.82, 2.24) is 25.0 Å². The molecule has 8 heteroatoms. The number of aromatic nitrogens is 4. The van der Waals surface area contributed by atoms with Crippen LogP contribution in [0, 0.1) is 6.92 Å². The standard InChI is InChI=1S/C17H17N5O2S/c1-11-7-13(10-25-11)17(23)22-6-2-3-12(9-22)15-20-16(24-21-15)14-8-18-4-5-19-14/h4-5,7-8,10,12H,2-3,6,9H2,1H3. The van der Waals surface area contributed by atoms with E-state index in [9.17, 15) is 4.79 Å². The number of nitrogens with zero attached hydrogens (tertiary/aromatic N) is 5. The molecule has 7 nitrogen and oxygen atoms in total. The minimum Gasteiger partial charge on any atom is -0.338 e. The van der Waals surface area contributed by atoms with Crippen molar-refractivity contribution in [2.75, 3.05) is 13.1 Å². The molecule has 0 radical (unpaired) electrons. The van der Waals surface area contributed by atoms with E-state index < -0.39 is 0 Å². The zero-order valence-corrected chi connectivity index (χ0v) is 14.6. The van der Waals surface area contributed by atoms with Gasteiger partial charge in [0.2, 0.25) is 0 Å². The van der Waals surface area contributed by atoms with Crippen molar-refractivity contribution in [3.63, 3.8) is 0 Å². The summed E-state index contributed by atoms with van der Waals surface area (Å²) in [6.07, 6.45) is 6.63. The van der Waals surface area contributed by atoms with Crippen LogP contribution in [0.25, 0.3) is 11.6 Å². The van der Waals surface area contributed by atoms with Crippen molar-refractivity contribution < 1.29 is 9.32 Å². The van der Waals surface area contributed by atoms with Gasteiger partial charge in [0.1, 0.15) is 5.69 Å².